The highest BCUT2D eigenvalue weighted by Crippen LogP contribution is 2.13. The molecule has 9 heteroatoms. The van der Waals surface area contributed by atoms with Crippen molar-refractivity contribution in [2.24, 2.45) is 0 Å². The predicted molar refractivity (Wildman–Crippen MR) is 58.0 cm³/mol. The van der Waals surface area contributed by atoms with Gasteiger partial charge in [-0.15, -0.1) is 0 Å². The van der Waals surface area contributed by atoms with E-state index in [0.29, 0.717) is 5.06 Å². The van der Waals surface area contributed by atoms with Crippen LogP contribution in [0.4, 0.5) is 4.79 Å². The second-order valence-corrected chi connectivity index (χ2v) is 3.79. The van der Waals surface area contributed by atoms with Crippen molar-refractivity contribution < 1.29 is 33.5 Å². The number of amides is 2. The first kappa shape index (κ1) is 14.4. The van der Waals surface area contributed by atoms with E-state index in [0.717, 1.165) is 0 Å². The number of hydrogen-bond donors (Lipinski definition) is 0. The molecule has 0 aromatic heterocycles. The third-order valence-electron chi connectivity index (χ3n) is 1.84. The maximum atomic E-state index is 11.2. The summed E-state index contributed by atoms with van der Waals surface area (Å²) >= 11 is 2.85. The van der Waals surface area contributed by atoms with Crippen LogP contribution in [0.25, 0.3) is 0 Å². The summed E-state index contributed by atoms with van der Waals surface area (Å²) < 4.78 is 9.10. The normalized spacial score (nSPS) is 16.4. The van der Waals surface area contributed by atoms with Crippen LogP contribution in [-0.2, 0) is 28.7 Å². The number of hydrogen-bond acceptors (Lipinski definition) is 7. The average molecular weight is 324 g/mol. The van der Waals surface area contributed by atoms with Gasteiger partial charge in [-0.25, -0.2) is 4.79 Å². The third kappa shape index (κ3) is 3.99. The average Bonchev–Trinajstić information content (AvgIpc) is 2.60. The van der Waals surface area contributed by atoms with Gasteiger partial charge in [0.1, 0.15) is 5.33 Å². The lowest BCUT2D eigenvalue weighted by Gasteiger charge is -2.15. The maximum absolute atomic E-state index is 11.2. The molecule has 1 fully saturated rings. The van der Waals surface area contributed by atoms with Crippen LogP contribution in [0, 0.1) is 0 Å². The molecule has 1 unspecified atom stereocenters. The lowest BCUT2D eigenvalue weighted by Crippen LogP contribution is -2.34. The summed E-state index contributed by atoms with van der Waals surface area (Å²) in [5, 5.41) is 0.278. The monoisotopic (exact) mass is 323 g/mol. The Balaban J connectivity index is 2.39. The fourth-order valence-corrected chi connectivity index (χ4v) is 1.26. The molecule has 0 aliphatic carbocycles. The zero-order valence-electron chi connectivity index (χ0n) is 9.38. The SMILES string of the molecule is CC(OC(=O)CBr)OC(=O)ON1C(=O)CCC1=O. The Labute approximate surface area is 110 Å². The number of carbonyl (C=O) groups is 4. The number of nitrogens with zero attached hydrogens (tertiary/aromatic N) is 1. The van der Waals surface area contributed by atoms with Gasteiger partial charge in [0.05, 0.1) is 0 Å². The van der Waals surface area contributed by atoms with Crippen LogP contribution in [0.2, 0.25) is 0 Å². The number of imide groups is 1. The molecular formula is C9H10BrNO7. The first-order valence-corrected chi connectivity index (χ1v) is 6.06. The highest BCUT2D eigenvalue weighted by molar-refractivity contribution is 9.09. The predicted octanol–water partition coefficient (Wildman–Crippen LogP) is 0.488. The smallest absolute Gasteiger partial charge is 0.425 e. The van der Waals surface area contributed by atoms with Gasteiger partial charge in [-0.05, 0) is 0 Å². The molecule has 1 rings (SSSR count). The second-order valence-electron chi connectivity index (χ2n) is 3.23. The van der Waals surface area contributed by atoms with E-state index in [4.69, 9.17) is 0 Å². The number of carbonyl (C=O) groups excluding carboxylic acids is 4. The van der Waals surface area contributed by atoms with Gasteiger partial charge in [-0.1, -0.05) is 21.0 Å². The van der Waals surface area contributed by atoms with Crippen LogP contribution >= 0.6 is 15.9 Å². The topological polar surface area (TPSA) is 99.2 Å². The Morgan fingerprint density at radius 1 is 1.28 bits per heavy atom. The van der Waals surface area contributed by atoms with Gasteiger partial charge in [0, 0.05) is 19.8 Å². The number of halogens is 1. The number of alkyl halides is 1. The Bertz CT molecular complexity index is 367. The molecule has 1 aliphatic rings. The Morgan fingerprint density at radius 3 is 2.33 bits per heavy atom. The minimum atomic E-state index is -1.30. The number of rotatable bonds is 4. The molecule has 0 N–H and O–H groups in total. The second kappa shape index (κ2) is 6.34. The molecule has 1 atom stereocenters. The van der Waals surface area contributed by atoms with Gasteiger partial charge in [0.25, 0.3) is 11.8 Å². The van der Waals surface area contributed by atoms with Crippen molar-refractivity contribution in [3.63, 3.8) is 0 Å². The largest absolute Gasteiger partial charge is 0.537 e. The van der Waals surface area contributed by atoms with Gasteiger partial charge < -0.3 is 9.47 Å². The van der Waals surface area contributed by atoms with Gasteiger partial charge in [0.2, 0.25) is 6.29 Å². The Kier molecular flexibility index (Phi) is 5.08. The van der Waals surface area contributed by atoms with E-state index in [2.05, 4.69) is 30.2 Å². The molecule has 18 heavy (non-hydrogen) atoms. The van der Waals surface area contributed by atoms with E-state index in [9.17, 15) is 19.2 Å². The zero-order chi connectivity index (χ0) is 13.7. The summed E-state index contributed by atoms with van der Waals surface area (Å²) in [7, 11) is 0. The Hall–Kier alpha value is -1.64. The molecular weight excluding hydrogens is 314 g/mol. The first-order chi connectivity index (χ1) is 8.43. The van der Waals surface area contributed by atoms with Crippen molar-refractivity contribution in [3.05, 3.63) is 0 Å². The lowest BCUT2D eigenvalue weighted by molar-refractivity contribution is -0.190. The van der Waals surface area contributed by atoms with E-state index < -0.39 is 30.2 Å². The van der Waals surface area contributed by atoms with E-state index in [-0.39, 0.29) is 18.2 Å². The van der Waals surface area contributed by atoms with Crippen LogP contribution in [0.15, 0.2) is 0 Å². The summed E-state index contributed by atoms with van der Waals surface area (Å²) in [6, 6.07) is 0. The molecule has 0 radical (unpaired) electrons. The van der Waals surface area contributed by atoms with Crippen molar-refractivity contribution in [1.29, 1.82) is 0 Å². The van der Waals surface area contributed by atoms with Gasteiger partial charge >= 0.3 is 12.1 Å². The third-order valence-corrected chi connectivity index (χ3v) is 2.30. The molecule has 1 aliphatic heterocycles. The standard InChI is InChI=1S/C9H10BrNO7/c1-5(16-8(14)4-10)17-9(15)18-11-6(12)2-3-7(11)13/h5H,2-4H2,1H3. The minimum Gasteiger partial charge on any atom is -0.425 e. The summed E-state index contributed by atoms with van der Waals surface area (Å²) in [5.74, 6) is -1.88. The minimum absolute atomic E-state index is 0.0137. The number of hydroxylamine groups is 2. The molecule has 1 heterocycles. The van der Waals surface area contributed by atoms with Gasteiger partial charge in [0.15, 0.2) is 0 Å². The molecule has 1 saturated heterocycles. The maximum Gasteiger partial charge on any atom is 0.537 e. The summed E-state index contributed by atoms with van der Waals surface area (Å²) in [6.07, 6.45) is -2.51. The van der Waals surface area contributed by atoms with Crippen LogP contribution in [0.3, 0.4) is 0 Å². The van der Waals surface area contributed by atoms with Crippen molar-refractivity contribution >= 4 is 39.9 Å². The van der Waals surface area contributed by atoms with Crippen LogP contribution in [0.5, 0.6) is 0 Å². The van der Waals surface area contributed by atoms with Crippen molar-refractivity contribution in [2.75, 3.05) is 5.33 Å². The zero-order valence-corrected chi connectivity index (χ0v) is 11.0. The van der Waals surface area contributed by atoms with Gasteiger partial charge in [-0.3, -0.25) is 19.2 Å². The molecule has 0 aromatic carbocycles. The highest BCUT2D eigenvalue weighted by Gasteiger charge is 2.33. The van der Waals surface area contributed by atoms with E-state index in [1.165, 1.54) is 6.92 Å². The molecule has 2 amide bonds. The fraction of sp³-hybridized carbons (Fsp3) is 0.556. The Morgan fingerprint density at radius 2 is 1.83 bits per heavy atom. The summed E-state index contributed by atoms with van der Waals surface area (Å²) in [4.78, 5) is 48.6. The van der Waals surface area contributed by atoms with Gasteiger partial charge in [-0.2, -0.15) is 0 Å². The van der Waals surface area contributed by atoms with E-state index in [1.807, 2.05) is 0 Å². The van der Waals surface area contributed by atoms with Crippen LogP contribution in [-0.4, -0.2) is 40.6 Å². The summed E-state index contributed by atoms with van der Waals surface area (Å²) in [5.41, 5.74) is 0. The lowest BCUT2D eigenvalue weighted by atomic mass is 10.4. The fourth-order valence-electron chi connectivity index (χ4n) is 1.13. The molecule has 0 aromatic rings. The number of ether oxygens (including phenoxy) is 2. The molecule has 0 bridgehead atoms. The van der Waals surface area contributed by atoms with Crippen LogP contribution in [0.1, 0.15) is 19.8 Å². The van der Waals surface area contributed by atoms with E-state index >= 15 is 0 Å². The van der Waals surface area contributed by atoms with Crippen molar-refractivity contribution in [2.45, 2.75) is 26.1 Å². The molecule has 8 nitrogen and oxygen atoms in total. The number of esters is 1. The summed E-state index contributed by atoms with van der Waals surface area (Å²) in [6.45, 7) is 1.29. The highest BCUT2D eigenvalue weighted by atomic mass is 79.9. The quantitative estimate of drug-likeness (QED) is 0.321. The molecule has 0 spiro atoms. The molecule has 100 valence electrons. The van der Waals surface area contributed by atoms with Crippen LogP contribution < -0.4 is 0 Å². The van der Waals surface area contributed by atoms with Crippen molar-refractivity contribution in [1.82, 2.24) is 5.06 Å². The van der Waals surface area contributed by atoms with Crippen molar-refractivity contribution in [3.8, 4) is 0 Å². The van der Waals surface area contributed by atoms with E-state index in [1.54, 1.807) is 0 Å². The molecule has 0 saturated carbocycles. The first-order valence-electron chi connectivity index (χ1n) is 4.94.